The maximum absolute atomic E-state index is 13.6. The zero-order valence-electron chi connectivity index (χ0n) is 15.2. The molecule has 0 radical (unpaired) electrons. The minimum absolute atomic E-state index is 0.113. The Balaban J connectivity index is 1.65. The van der Waals surface area contributed by atoms with Crippen molar-refractivity contribution in [2.45, 2.75) is 26.1 Å². The van der Waals surface area contributed by atoms with E-state index in [-0.39, 0.29) is 28.7 Å². The number of piperazine rings is 1. The Morgan fingerprint density at radius 2 is 1.96 bits per heavy atom. The number of fused-ring (bicyclic) bond motifs is 1. The summed E-state index contributed by atoms with van der Waals surface area (Å²) < 4.78 is 58.8. The van der Waals surface area contributed by atoms with Gasteiger partial charge >= 0.3 is 6.18 Å². The molecule has 1 atom stereocenters. The van der Waals surface area contributed by atoms with Gasteiger partial charge in [0.05, 0.1) is 22.8 Å². The van der Waals surface area contributed by atoms with E-state index in [0.29, 0.717) is 25.5 Å². The summed E-state index contributed by atoms with van der Waals surface area (Å²) in [5, 5.41) is 3.52. The molecule has 0 spiro atoms. The van der Waals surface area contributed by atoms with E-state index in [4.69, 9.17) is 4.52 Å². The molecule has 1 aliphatic heterocycles. The van der Waals surface area contributed by atoms with Crippen LogP contribution in [0, 0.1) is 12.7 Å². The van der Waals surface area contributed by atoms with E-state index in [0.717, 1.165) is 12.3 Å². The fourth-order valence-corrected chi connectivity index (χ4v) is 3.51. The largest absolute Gasteiger partial charge is 0.417 e. The second-order valence-corrected chi connectivity index (χ2v) is 6.80. The number of halogens is 4. The van der Waals surface area contributed by atoms with Crippen LogP contribution in [0.2, 0.25) is 0 Å². The lowest BCUT2D eigenvalue weighted by Gasteiger charge is -2.41. The normalized spacial score (nSPS) is 18.1. The highest BCUT2D eigenvalue weighted by atomic mass is 19.4. The monoisotopic (exact) mass is 395 g/mol. The number of anilines is 2. The van der Waals surface area contributed by atoms with Gasteiger partial charge in [-0.15, -0.1) is 0 Å². The third-order valence-corrected chi connectivity index (χ3v) is 4.87. The number of aromatic nitrogens is 3. The van der Waals surface area contributed by atoms with Crippen LogP contribution < -0.4 is 9.80 Å². The number of pyridine rings is 2. The lowest BCUT2D eigenvalue weighted by atomic mass is 10.1. The van der Waals surface area contributed by atoms with Gasteiger partial charge in [0.2, 0.25) is 0 Å². The molecule has 4 rings (SSSR count). The molecule has 6 nitrogen and oxygen atoms in total. The van der Waals surface area contributed by atoms with Crippen LogP contribution in [-0.2, 0) is 6.18 Å². The Hall–Kier alpha value is -2.91. The third-order valence-electron chi connectivity index (χ3n) is 4.87. The Labute approximate surface area is 157 Å². The van der Waals surface area contributed by atoms with Crippen molar-refractivity contribution in [2.24, 2.45) is 0 Å². The summed E-state index contributed by atoms with van der Waals surface area (Å²) in [7, 11) is 0. The minimum Gasteiger partial charge on any atom is -0.353 e. The molecule has 0 aromatic carbocycles. The molecule has 10 heteroatoms. The molecular formula is C18H17F4N5O. The van der Waals surface area contributed by atoms with Gasteiger partial charge in [0.25, 0.3) is 5.71 Å². The van der Waals surface area contributed by atoms with Crippen LogP contribution in [0.4, 0.5) is 29.2 Å². The van der Waals surface area contributed by atoms with Crippen LogP contribution in [0.15, 0.2) is 28.9 Å². The van der Waals surface area contributed by atoms with Crippen molar-refractivity contribution in [3.05, 3.63) is 41.5 Å². The molecule has 3 aromatic rings. The van der Waals surface area contributed by atoms with Crippen LogP contribution in [-0.4, -0.2) is 40.8 Å². The number of hydrogen-bond donors (Lipinski definition) is 0. The molecule has 0 aliphatic carbocycles. The van der Waals surface area contributed by atoms with E-state index in [1.54, 1.807) is 11.0 Å². The predicted molar refractivity (Wildman–Crippen MR) is 94.8 cm³/mol. The summed E-state index contributed by atoms with van der Waals surface area (Å²) in [6, 6.07) is 3.82. The van der Waals surface area contributed by atoms with Crippen molar-refractivity contribution in [3.8, 4) is 0 Å². The minimum atomic E-state index is -4.55. The fraction of sp³-hybridized carbons (Fsp3) is 0.389. The lowest BCUT2D eigenvalue weighted by Crippen LogP contribution is -2.52. The topological polar surface area (TPSA) is 58.3 Å². The van der Waals surface area contributed by atoms with Crippen molar-refractivity contribution in [3.63, 3.8) is 0 Å². The molecule has 1 aliphatic rings. The quantitative estimate of drug-likeness (QED) is 0.616. The van der Waals surface area contributed by atoms with E-state index < -0.39 is 17.6 Å². The Morgan fingerprint density at radius 1 is 1.18 bits per heavy atom. The highest BCUT2D eigenvalue weighted by Gasteiger charge is 2.37. The third kappa shape index (κ3) is 3.23. The summed E-state index contributed by atoms with van der Waals surface area (Å²) >= 11 is 0. The van der Waals surface area contributed by atoms with Crippen molar-refractivity contribution < 1.29 is 22.1 Å². The average Bonchev–Trinajstić information content (AvgIpc) is 3.02. The first-order chi connectivity index (χ1) is 13.2. The molecule has 0 saturated carbocycles. The van der Waals surface area contributed by atoms with E-state index >= 15 is 0 Å². The number of rotatable bonds is 2. The molecule has 1 saturated heterocycles. The Kier molecular flexibility index (Phi) is 4.35. The fourth-order valence-electron chi connectivity index (χ4n) is 3.51. The Bertz CT molecular complexity index is 1000. The Morgan fingerprint density at radius 3 is 2.61 bits per heavy atom. The van der Waals surface area contributed by atoms with Crippen LogP contribution >= 0.6 is 0 Å². The maximum atomic E-state index is 13.6. The zero-order valence-corrected chi connectivity index (χ0v) is 15.2. The van der Waals surface area contributed by atoms with E-state index in [1.165, 1.54) is 13.0 Å². The molecule has 0 N–H and O–H groups in total. The van der Waals surface area contributed by atoms with Crippen molar-refractivity contribution in [2.75, 3.05) is 29.4 Å². The number of nitrogens with zero attached hydrogens (tertiary/aromatic N) is 5. The van der Waals surface area contributed by atoms with Gasteiger partial charge in [-0.1, -0.05) is 5.16 Å². The van der Waals surface area contributed by atoms with Gasteiger partial charge in [0.1, 0.15) is 17.5 Å². The lowest BCUT2D eigenvalue weighted by molar-refractivity contribution is -0.136. The van der Waals surface area contributed by atoms with Gasteiger partial charge < -0.3 is 14.3 Å². The molecule has 28 heavy (non-hydrogen) atoms. The van der Waals surface area contributed by atoms with Gasteiger partial charge in [-0.2, -0.15) is 18.2 Å². The average molecular weight is 395 g/mol. The molecular weight excluding hydrogens is 378 g/mol. The van der Waals surface area contributed by atoms with Crippen molar-refractivity contribution in [1.29, 1.82) is 0 Å². The first-order valence-corrected chi connectivity index (χ1v) is 8.71. The second-order valence-electron chi connectivity index (χ2n) is 6.80. The van der Waals surface area contributed by atoms with Crippen molar-refractivity contribution >= 4 is 22.7 Å². The van der Waals surface area contributed by atoms with E-state index in [1.807, 2.05) is 11.8 Å². The maximum Gasteiger partial charge on any atom is 0.417 e. The first kappa shape index (κ1) is 18.5. The molecule has 0 bridgehead atoms. The van der Waals surface area contributed by atoms with Gasteiger partial charge in [-0.05, 0) is 32.0 Å². The van der Waals surface area contributed by atoms with Gasteiger partial charge in [0, 0.05) is 25.7 Å². The molecule has 1 fully saturated rings. The zero-order chi connectivity index (χ0) is 20.1. The summed E-state index contributed by atoms with van der Waals surface area (Å²) in [6.45, 7) is 4.80. The second kappa shape index (κ2) is 6.61. The number of hydrogen-bond acceptors (Lipinski definition) is 6. The molecule has 4 heterocycles. The van der Waals surface area contributed by atoms with Gasteiger partial charge in [0.15, 0.2) is 0 Å². The standard InChI is InChI=1S/C18H17F4N5O/c1-10-9-26(14-4-3-12(19)8-23-14)5-6-27(10)15-7-13(18(20,21)22)16-11(2)25-28-17(16)24-15/h3-4,7-8,10H,5-6,9H2,1-2H3. The molecule has 148 valence electrons. The highest BCUT2D eigenvalue weighted by molar-refractivity contribution is 5.82. The summed E-state index contributed by atoms with van der Waals surface area (Å²) in [4.78, 5) is 12.1. The molecule has 0 amide bonds. The summed E-state index contributed by atoms with van der Waals surface area (Å²) in [5.74, 6) is 0.392. The van der Waals surface area contributed by atoms with E-state index in [2.05, 4.69) is 15.1 Å². The number of alkyl halides is 3. The highest BCUT2D eigenvalue weighted by Crippen LogP contribution is 2.38. The number of aryl methyl sites for hydroxylation is 1. The molecule has 3 aromatic heterocycles. The van der Waals surface area contributed by atoms with Gasteiger partial charge in [-0.25, -0.2) is 9.37 Å². The van der Waals surface area contributed by atoms with Crippen LogP contribution in [0.3, 0.4) is 0 Å². The predicted octanol–water partition coefficient (Wildman–Crippen LogP) is 3.80. The van der Waals surface area contributed by atoms with Crippen LogP contribution in [0.5, 0.6) is 0 Å². The van der Waals surface area contributed by atoms with Crippen LogP contribution in [0.1, 0.15) is 18.2 Å². The van der Waals surface area contributed by atoms with E-state index in [9.17, 15) is 17.6 Å². The molecule has 1 unspecified atom stereocenters. The smallest absolute Gasteiger partial charge is 0.353 e. The first-order valence-electron chi connectivity index (χ1n) is 8.71. The SMILES string of the molecule is Cc1noc2nc(N3CCN(c4ccc(F)cn4)CC3C)cc(C(F)(F)F)c12. The van der Waals surface area contributed by atoms with Crippen LogP contribution in [0.25, 0.3) is 11.1 Å². The van der Waals surface area contributed by atoms with Gasteiger partial charge in [-0.3, -0.25) is 0 Å². The summed E-state index contributed by atoms with van der Waals surface area (Å²) in [5.41, 5.74) is -0.778. The summed E-state index contributed by atoms with van der Waals surface area (Å²) in [6.07, 6.45) is -3.40. The van der Waals surface area contributed by atoms with Crippen molar-refractivity contribution in [1.82, 2.24) is 15.1 Å².